The van der Waals surface area contributed by atoms with Crippen molar-refractivity contribution < 1.29 is 12.8 Å². The average Bonchev–Trinajstić information content (AvgIpc) is 2.47. The van der Waals surface area contributed by atoms with Crippen LogP contribution < -0.4 is 5.46 Å². The molecular formula is C15H15BFNO2S. The van der Waals surface area contributed by atoms with Gasteiger partial charge in [-0.3, -0.25) is 0 Å². The van der Waals surface area contributed by atoms with Gasteiger partial charge in [0, 0.05) is 13.1 Å². The second-order valence-corrected chi connectivity index (χ2v) is 7.25. The summed E-state index contributed by atoms with van der Waals surface area (Å²) in [6.45, 7) is 0.826. The normalized spacial score (nSPS) is 15.7. The van der Waals surface area contributed by atoms with Crippen LogP contribution in [0.3, 0.4) is 0 Å². The average molecular weight is 303 g/mol. The Morgan fingerprint density at radius 3 is 2.48 bits per heavy atom. The summed E-state index contributed by atoms with van der Waals surface area (Å²) in [5, 5.41) is 0. The number of halogens is 1. The van der Waals surface area contributed by atoms with E-state index in [4.69, 9.17) is 0 Å². The highest BCUT2D eigenvalue weighted by Gasteiger charge is 2.28. The molecule has 2 aromatic rings. The lowest BCUT2D eigenvalue weighted by Crippen LogP contribution is -2.36. The molecule has 0 fully saturated rings. The van der Waals surface area contributed by atoms with E-state index in [1.54, 1.807) is 0 Å². The Balaban J connectivity index is 1.93. The molecule has 0 saturated carbocycles. The van der Waals surface area contributed by atoms with Crippen LogP contribution in [0.5, 0.6) is 0 Å². The van der Waals surface area contributed by atoms with Gasteiger partial charge in [-0.15, -0.1) is 0 Å². The third-order valence-electron chi connectivity index (χ3n) is 3.79. The number of fused-ring (bicyclic) bond motifs is 1. The topological polar surface area (TPSA) is 37.4 Å². The van der Waals surface area contributed by atoms with Gasteiger partial charge in [-0.05, 0) is 41.8 Å². The molecule has 0 spiro atoms. The van der Waals surface area contributed by atoms with Crippen molar-refractivity contribution in [1.82, 2.24) is 4.31 Å². The standard InChI is InChI=1S/C15H15BFNO2S/c16-13-2-1-11-7-8-18(10-12(11)9-13)21(19,20)15-5-3-14(17)4-6-15/h1-6,9H,7-8,10,16H2. The van der Waals surface area contributed by atoms with Gasteiger partial charge in [-0.25, -0.2) is 12.8 Å². The van der Waals surface area contributed by atoms with Crippen molar-refractivity contribution in [2.75, 3.05) is 6.54 Å². The SMILES string of the molecule is Bc1ccc2c(c1)CN(S(=O)(=O)c1ccc(F)cc1)CC2. The van der Waals surface area contributed by atoms with Gasteiger partial charge in [0.05, 0.1) is 4.90 Å². The highest BCUT2D eigenvalue weighted by molar-refractivity contribution is 7.89. The van der Waals surface area contributed by atoms with E-state index in [1.165, 1.54) is 34.1 Å². The monoisotopic (exact) mass is 303 g/mol. The van der Waals surface area contributed by atoms with Crippen molar-refractivity contribution in [3.05, 3.63) is 59.4 Å². The maximum atomic E-state index is 13.0. The van der Waals surface area contributed by atoms with Crippen molar-refractivity contribution in [2.24, 2.45) is 0 Å². The molecule has 0 unspecified atom stereocenters. The van der Waals surface area contributed by atoms with Gasteiger partial charge < -0.3 is 0 Å². The first-order valence-electron chi connectivity index (χ1n) is 6.81. The first-order chi connectivity index (χ1) is 9.96. The van der Waals surface area contributed by atoms with Gasteiger partial charge in [-0.2, -0.15) is 4.31 Å². The fraction of sp³-hybridized carbons (Fsp3) is 0.200. The fourth-order valence-corrected chi connectivity index (χ4v) is 4.04. The molecular weight excluding hydrogens is 288 g/mol. The van der Waals surface area contributed by atoms with Gasteiger partial charge in [0.1, 0.15) is 13.7 Å². The first-order valence-corrected chi connectivity index (χ1v) is 8.25. The molecule has 1 aliphatic rings. The van der Waals surface area contributed by atoms with Crippen molar-refractivity contribution in [3.63, 3.8) is 0 Å². The molecule has 0 amide bonds. The molecule has 2 aromatic carbocycles. The van der Waals surface area contributed by atoms with Gasteiger partial charge in [0.15, 0.2) is 0 Å². The second-order valence-electron chi connectivity index (χ2n) is 5.31. The van der Waals surface area contributed by atoms with Gasteiger partial charge >= 0.3 is 0 Å². The molecule has 0 aliphatic carbocycles. The maximum absolute atomic E-state index is 13.0. The van der Waals surface area contributed by atoms with E-state index in [1.807, 2.05) is 20.0 Å². The molecule has 108 valence electrons. The molecule has 1 aliphatic heterocycles. The molecule has 21 heavy (non-hydrogen) atoms. The zero-order chi connectivity index (χ0) is 15.0. The number of hydrogen-bond donors (Lipinski definition) is 0. The third kappa shape index (κ3) is 2.73. The Bertz CT molecular complexity index is 775. The lowest BCUT2D eigenvalue weighted by molar-refractivity contribution is 0.391. The van der Waals surface area contributed by atoms with Gasteiger partial charge in [0.25, 0.3) is 0 Å². The minimum atomic E-state index is -3.57. The summed E-state index contributed by atoms with van der Waals surface area (Å²) >= 11 is 0. The molecule has 6 heteroatoms. The molecule has 0 atom stereocenters. The van der Waals surface area contributed by atoms with E-state index in [-0.39, 0.29) is 4.90 Å². The van der Waals surface area contributed by atoms with Crippen LogP contribution in [0.2, 0.25) is 0 Å². The van der Waals surface area contributed by atoms with Crippen molar-refractivity contribution in [1.29, 1.82) is 0 Å². The van der Waals surface area contributed by atoms with E-state index < -0.39 is 15.8 Å². The van der Waals surface area contributed by atoms with Crippen LogP contribution in [-0.2, 0) is 23.0 Å². The number of nitrogens with zero attached hydrogens (tertiary/aromatic N) is 1. The van der Waals surface area contributed by atoms with Crippen LogP contribution in [-0.4, -0.2) is 27.1 Å². The van der Waals surface area contributed by atoms with Crippen LogP contribution in [0.15, 0.2) is 47.4 Å². The maximum Gasteiger partial charge on any atom is 0.243 e. The van der Waals surface area contributed by atoms with Crippen LogP contribution in [0.4, 0.5) is 4.39 Å². The molecule has 0 N–H and O–H groups in total. The number of hydrogen-bond acceptors (Lipinski definition) is 2. The quantitative estimate of drug-likeness (QED) is 0.771. The minimum absolute atomic E-state index is 0.139. The molecule has 0 radical (unpaired) electrons. The van der Waals surface area contributed by atoms with Crippen molar-refractivity contribution in [2.45, 2.75) is 17.9 Å². The summed E-state index contributed by atoms with van der Waals surface area (Å²) in [5.41, 5.74) is 3.37. The number of rotatable bonds is 2. The zero-order valence-corrected chi connectivity index (χ0v) is 12.5. The Morgan fingerprint density at radius 1 is 1.05 bits per heavy atom. The summed E-state index contributed by atoms with van der Waals surface area (Å²) in [7, 11) is -1.57. The molecule has 0 aromatic heterocycles. The molecule has 3 nitrogen and oxygen atoms in total. The van der Waals surface area contributed by atoms with Crippen LogP contribution in [0, 0.1) is 5.82 Å². The number of sulfonamides is 1. The van der Waals surface area contributed by atoms with Crippen molar-refractivity contribution >= 4 is 23.3 Å². The Labute approximate surface area is 124 Å². The predicted octanol–water partition coefficient (Wildman–Crippen LogP) is 0.831. The summed E-state index contributed by atoms with van der Waals surface area (Å²) in [6.07, 6.45) is 0.704. The Morgan fingerprint density at radius 2 is 1.76 bits per heavy atom. The van der Waals surface area contributed by atoms with Crippen LogP contribution in [0.1, 0.15) is 11.1 Å². The molecule has 3 rings (SSSR count). The summed E-state index contributed by atoms with van der Waals surface area (Å²) in [5.74, 6) is -0.437. The fourth-order valence-electron chi connectivity index (χ4n) is 2.62. The van der Waals surface area contributed by atoms with E-state index in [0.29, 0.717) is 19.5 Å². The van der Waals surface area contributed by atoms with E-state index in [0.717, 1.165) is 11.0 Å². The van der Waals surface area contributed by atoms with Crippen molar-refractivity contribution in [3.8, 4) is 0 Å². The first kappa shape index (κ1) is 14.3. The smallest absolute Gasteiger partial charge is 0.207 e. The highest BCUT2D eigenvalue weighted by Crippen LogP contribution is 2.24. The Kier molecular flexibility index (Phi) is 3.59. The Hall–Kier alpha value is -1.66. The molecule has 0 bridgehead atoms. The van der Waals surface area contributed by atoms with Crippen LogP contribution >= 0.6 is 0 Å². The van der Waals surface area contributed by atoms with E-state index >= 15 is 0 Å². The second kappa shape index (κ2) is 5.28. The zero-order valence-electron chi connectivity index (χ0n) is 11.7. The minimum Gasteiger partial charge on any atom is -0.207 e. The summed E-state index contributed by atoms with van der Waals surface area (Å²) in [4.78, 5) is 0.139. The van der Waals surface area contributed by atoms with Crippen LogP contribution in [0.25, 0.3) is 0 Å². The largest absolute Gasteiger partial charge is 0.243 e. The lowest BCUT2D eigenvalue weighted by Gasteiger charge is -2.28. The van der Waals surface area contributed by atoms with E-state index in [2.05, 4.69) is 6.07 Å². The van der Waals surface area contributed by atoms with Gasteiger partial charge in [0.2, 0.25) is 10.0 Å². The molecule has 0 saturated heterocycles. The highest BCUT2D eigenvalue weighted by atomic mass is 32.2. The summed E-state index contributed by atoms with van der Waals surface area (Å²) in [6, 6.07) is 11.1. The summed E-state index contributed by atoms with van der Waals surface area (Å²) < 4.78 is 39.6. The predicted molar refractivity (Wildman–Crippen MR) is 82.3 cm³/mol. The van der Waals surface area contributed by atoms with E-state index in [9.17, 15) is 12.8 Å². The van der Waals surface area contributed by atoms with Gasteiger partial charge in [-0.1, -0.05) is 23.7 Å². The number of benzene rings is 2. The third-order valence-corrected chi connectivity index (χ3v) is 5.65. The lowest BCUT2D eigenvalue weighted by atomic mass is 9.90. The molecule has 1 heterocycles.